The van der Waals surface area contributed by atoms with E-state index in [1.54, 1.807) is 6.92 Å². The summed E-state index contributed by atoms with van der Waals surface area (Å²) in [5, 5.41) is 0. The highest BCUT2D eigenvalue weighted by atomic mass is 19.3. The lowest BCUT2D eigenvalue weighted by Crippen LogP contribution is -2.34. The van der Waals surface area contributed by atoms with Crippen LogP contribution < -0.4 is 9.47 Å². The van der Waals surface area contributed by atoms with Crippen LogP contribution in [0, 0.1) is 23.6 Å². The van der Waals surface area contributed by atoms with Crippen LogP contribution >= 0.6 is 0 Å². The van der Waals surface area contributed by atoms with Crippen molar-refractivity contribution in [3.63, 3.8) is 0 Å². The molecule has 2 aliphatic rings. The van der Waals surface area contributed by atoms with Crippen molar-refractivity contribution >= 4 is 0 Å². The van der Waals surface area contributed by atoms with Crippen LogP contribution in [0.4, 0.5) is 13.2 Å². The third-order valence-corrected chi connectivity index (χ3v) is 6.62. The molecule has 170 valence electrons. The van der Waals surface area contributed by atoms with Crippen LogP contribution in [-0.4, -0.2) is 25.9 Å². The molecule has 1 saturated carbocycles. The summed E-state index contributed by atoms with van der Waals surface area (Å²) in [7, 11) is 0. The Morgan fingerprint density at radius 1 is 0.967 bits per heavy atom. The molecule has 2 atom stereocenters. The summed E-state index contributed by atoms with van der Waals surface area (Å²) in [6.07, 6.45) is 6.45. The smallest absolute Gasteiger partial charge is 0.270 e. The second-order valence-electron chi connectivity index (χ2n) is 8.72. The van der Waals surface area contributed by atoms with Crippen molar-refractivity contribution in [2.75, 3.05) is 19.8 Å². The van der Waals surface area contributed by atoms with E-state index in [0.29, 0.717) is 24.5 Å². The molecule has 1 aromatic carbocycles. The number of benzene rings is 1. The normalized spacial score (nSPS) is 27.3. The van der Waals surface area contributed by atoms with Crippen molar-refractivity contribution in [3.8, 4) is 11.5 Å². The molecule has 1 heterocycles. The zero-order valence-electron chi connectivity index (χ0n) is 18.2. The van der Waals surface area contributed by atoms with Gasteiger partial charge in [-0.05, 0) is 81.8 Å². The van der Waals surface area contributed by atoms with E-state index in [2.05, 4.69) is 6.92 Å². The quantitative estimate of drug-likeness (QED) is 0.426. The van der Waals surface area contributed by atoms with Crippen molar-refractivity contribution in [1.82, 2.24) is 0 Å². The van der Waals surface area contributed by atoms with Gasteiger partial charge in [-0.2, -0.15) is 0 Å². The van der Waals surface area contributed by atoms with Crippen molar-refractivity contribution in [3.05, 3.63) is 23.5 Å². The summed E-state index contributed by atoms with van der Waals surface area (Å²) in [6.45, 7) is 5.35. The Balaban J connectivity index is 1.49. The Morgan fingerprint density at radius 3 is 2.27 bits per heavy atom. The lowest BCUT2D eigenvalue weighted by molar-refractivity contribution is -0.0605. The molecule has 1 aromatic rings. The molecule has 3 rings (SSSR count). The lowest BCUT2D eigenvalue weighted by atomic mass is 9.77. The van der Waals surface area contributed by atoms with Gasteiger partial charge in [0.1, 0.15) is 5.75 Å². The van der Waals surface area contributed by atoms with Gasteiger partial charge >= 0.3 is 0 Å². The van der Waals surface area contributed by atoms with E-state index in [1.807, 2.05) is 0 Å². The van der Waals surface area contributed by atoms with E-state index in [4.69, 9.17) is 14.2 Å². The van der Waals surface area contributed by atoms with Gasteiger partial charge in [0, 0.05) is 6.61 Å². The topological polar surface area (TPSA) is 27.7 Å². The van der Waals surface area contributed by atoms with Gasteiger partial charge in [0.25, 0.3) is 6.43 Å². The molecular formula is C24H35F3O3. The van der Waals surface area contributed by atoms with Crippen molar-refractivity contribution in [1.29, 1.82) is 0 Å². The van der Waals surface area contributed by atoms with Crippen LogP contribution in [0.5, 0.6) is 11.5 Å². The minimum absolute atomic E-state index is 0.0781. The van der Waals surface area contributed by atoms with Crippen LogP contribution in [0.2, 0.25) is 0 Å². The number of halogens is 3. The third-order valence-electron chi connectivity index (χ3n) is 6.62. The van der Waals surface area contributed by atoms with Gasteiger partial charge in [0.05, 0.1) is 24.9 Å². The first-order chi connectivity index (χ1) is 14.5. The van der Waals surface area contributed by atoms with E-state index >= 15 is 0 Å². The molecule has 0 amide bonds. The maximum absolute atomic E-state index is 14.4. The van der Waals surface area contributed by atoms with Gasteiger partial charge in [-0.1, -0.05) is 13.3 Å². The van der Waals surface area contributed by atoms with Crippen LogP contribution in [0.1, 0.15) is 77.2 Å². The third kappa shape index (κ3) is 5.83. The van der Waals surface area contributed by atoms with Crippen molar-refractivity contribution in [2.45, 2.75) is 77.7 Å². The number of hydrogen-bond donors (Lipinski definition) is 0. The van der Waals surface area contributed by atoms with E-state index in [9.17, 15) is 13.2 Å². The molecule has 6 heteroatoms. The molecule has 0 radical (unpaired) electrons. The van der Waals surface area contributed by atoms with Crippen LogP contribution in [-0.2, 0) is 4.74 Å². The molecule has 2 fully saturated rings. The summed E-state index contributed by atoms with van der Waals surface area (Å²) in [5.74, 6) is 0.347. The Morgan fingerprint density at radius 2 is 1.67 bits per heavy atom. The van der Waals surface area contributed by atoms with Gasteiger partial charge in [0.2, 0.25) is 0 Å². The highest BCUT2D eigenvalue weighted by Gasteiger charge is 2.32. The fourth-order valence-corrected chi connectivity index (χ4v) is 4.92. The van der Waals surface area contributed by atoms with Crippen LogP contribution in [0.3, 0.4) is 0 Å². The largest absolute Gasteiger partial charge is 0.493 e. The van der Waals surface area contributed by atoms with Crippen molar-refractivity contribution in [2.24, 2.45) is 17.8 Å². The van der Waals surface area contributed by atoms with Crippen molar-refractivity contribution < 1.29 is 27.4 Å². The summed E-state index contributed by atoms with van der Waals surface area (Å²) >= 11 is 0. The number of alkyl halides is 2. The molecule has 0 bridgehead atoms. The first kappa shape index (κ1) is 23.2. The summed E-state index contributed by atoms with van der Waals surface area (Å²) in [4.78, 5) is 0. The first-order valence-electron chi connectivity index (χ1n) is 11.5. The maximum atomic E-state index is 14.4. The van der Waals surface area contributed by atoms with Gasteiger partial charge in [-0.25, -0.2) is 13.2 Å². The summed E-state index contributed by atoms with van der Waals surface area (Å²) < 4.78 is 58.1. The Labute approximate surface area is 178 Å². The first-order valence-corrected chi connectivity index (χ1v) is 11.5. The van der Waals surface area contributed by atoms with E-state index in [0.717, 1.165) is 44.6 Å². The Kier molecular flexibility index (Phi) is 8.72. The predicted molar refractivity (Wildman–Crippen MR) is 111 cm³/mol. The predicted octanol–water partition coefficient (Wildman–Crippen LogP) is 6.94. The second-order valence-corrected chi connectivity index (χ2v) is 8.72. The Hall–Kier alpha value is -1.43. The van der Waals surface area contributed by atoms with Gasteiger partial charge in [0.15, 0.2) is 11.6 Å². The fourth-order valence-electron chi connectivity index (χ4n) is 4.92. The number of hydrogen-bond acceptors (Lipinski definition) is 3. The fraction of sp³-hybridized carbons (Fsp3) is 0.750. The van der Waals surface area contributed by atoms with Gasteiger partial charge in [-0.3, -0.25) is 0 Å². The van der Waals surface area contributed by atoms with E-state index < -0.39 is 17.8 Å². The average molecular weight is 429 g/mol. The summed E-state index contributed by atoms with van der Waals surface area (Å²) in [6, 6.07) is 2.76. The van der Waals surface area contributed by atoms with Crippen LogP contribution in [0.15, 0.2) is 12.1 Å². The monoisotopic (exact) mass is 428 g/mol. The molecule has 1 aliphatic carbocycles. The average Bonchev–Trinajstić information content (AvgIpc) is 2.75. The molecular weight excluding hydrogens is 393 g/mol. The van der Waals surface area contributed by atoms with Gasteiger partial charge in [-0.15, -0.1) is 0 Å². The minimum atomic E-state index is -2.95. The molecule has 1 aliphatic heterocycles. The highest BCUT2D eigenvalue weighted by molar-refractivity contribution is 5.42. The molecule has 0 aromatic heterocycles. The minimum Gasteiger partial charge on any atom is -0.493 e. The van der Waals surface area contributed by atoms with Crippen LogP contribution in [0.25, 0.3) is 0 Å². The highest BCUT2D eigenvalue weighted by Crippen LogP contribution is 2.39. The molecule has 0 spiro atoms. The molecule has 0 N–H and O–H groups in total. The second kappa shape index (κ2) is 11.3. The van der Waals surface area contributed by atoms with Gasteiger partial charge < -0.3 is 14.2 Å². The molecule has 2 unspecified atom stereocenters. The Bertz CT molecular complexity index is 651. The summed E-state index contributed by atoms with van der Waals surface area (Å²) in [5.41, 5.74) is -0.702. The molecule has 30 heavy (non-hydrogen) atoms. The zero-order chi connectivity index (χ0) is 21.5. The van der Waals surface area contributed by atoms with E-state index in [1.165, 1.54) is 31.4 Å². The standard InChI is InChI=1S/C24H35F3O3/c1-3-5-16-8-11-19(29-14-16)18-9-6-17(7-10-18)15-30-20-12-13-21(28-4-2)23(25)22(20)24(26)27/h12-13,16-19,24H,3-11,14-15H2,1-2H3. The molecule has 1 saturated heterocycles. The van der Waals surface area contributed by atoms with E-state index in [-0.39, 0.29) is 18.1 Å². The number of ether oxygens (including phenoxy) is 3. The SMILES string of the molecule is CCCC1CCC(C2CCC(COc3ccc(OCC)c(F)c3C(F)F)CC2)OC1. The zero-order valence-corrected chi connectivity index (χ0v) is 18.2. The maximum Gasteiger partial charge on any atom is 0.270 e. The lowest BCUT2D eigenvalue weighted by Gasteiger charge is -2.37. The molecule has 3 nitrogen and oxygen atoms in total. The number of rotatable bonds is 9.